The zero-order chi connectivity index (χ0) is 20.5. The lowest BCUT2D eigenvalue weighted by Crippen LogP contribution is -2.10. The van der Waals surface area contributed by atoms with E-state index in [0.717, 1.165) is 11.1 Å². The maximum absolute atomic E-state index is 13.2. The molecule has 4 aromatic rings. The Kier molecular flexibility index (Phi) is 5.55. The molecule has 0 N–H and O–H groups in total. The first-order valence-corrected chi connectivity index (χ1v) is 9.96. The molecule has 4 rings (SSSR count). The van der Waals surface area contributed by atoms with E-state index >= 15 is 0 Å². The summed E-state index contributed by atoms with van der Waals surface area (Å²) in [5.74, 6) is 0.463. The number of aryl methyl sites for hydroxylation is 1. The topological polar surface area (TPSA) is 39.4 Å². The monoisotopic (exact) mass is 444 g/mol. The van der Waals surface area contributed by atoms with Gasteiger partial charge in [0.25, 0.3) is 0 Å². The second kappa shape index (κ2) is 8.11. The quantitative estimate of drug-likeness (QED) is 0.330. The molecule has 29 heavy (non-hydrogen) atoms. The summed E-state index contributed by atoms with van der Waals surface area (Å²) < 4.78 is 12.0. The Bertz CT molecular complexity index is 1260. The van der Waals surface area contributed by atoms with Crippen LogP contribution in [0.4, 0.5) is 0 Å². The lowest BCUT2D eigenvalue weighted by atomic mass is 10.1. The molecule has 0 radical (unpaired) electrons. The Balaban J connectivity index is 1.87. The van der Waals surface area contributed by atoms with Crippen LogP contribution < -0.4 is 10.2 Å². The van der Waals surface area contributed by atoms with Crippen LogP contribution in [-0.2, 0) is 6.61 Å². The van der Waals surface area contributed by atoms with E-state index in [4.69, 9.17) is 44.0 Å². The third-order valence-corrected chi connectivity index (χ3v) is 5.55. The zero-order valence-corrected chi connectivity index (χ0v) is 17.6. The van der Waals surface area contributed by atoms with Gasteiger partial charge in [-0.25, -0.2) is 0 Å². The average Bonchev–Trinajstić information content (AvgIpc) is 2.70. The molecule has 0 aliphatic heterocycles. The summed E-state index contributed by atoms with van der Waals surface area (Å²) in [7, 11) is 0. The van der Waals surface area contributed by atoms with Crippen LogP contribution in [0.5, 0.6) is 5.75 Å². The van der Waals surface area contributed by atoms with Crippen molar-refractivity contribution in [2.24, 2.45) is 0 Å². The predicted molar refractivity (Wildman–Crippen MR) is 118 cm³/mol. The van der Waals surface area contributed by atoms with Crippen LogP contribution in [0.1, 0.15) is 11.1 Å². The molecule has 0 atom stereocenters. The molecule has 6 heteroatoms. The maximum Gasteiger partial charge on any atom is 0.235 e. The van der Waals surface area contributed by atoms with Crippen molar-refractivity contribution < 1.29 is 9.15 Å². The predicted octanol–water partition coefficient (Wildman–Crippen LogP) is 7.31. The summed E-state index contributed by atoms with van der Waals surface area (Å²) in [5.41, 5.74) is 2.42. The molecule has 0 saturated carbocycles. The van der Waals surface area contributed by atoms with E-state index in [-0.39, 0.29) is 17.8 Å². The Labute approximate surface area is 182 Å². The first-order valence-electron chi connectivity index (χ1n) is 8.83. The van der Waals surface area contributed by atoms with Gasteiger partial charge < -0.3 is 9.15 Å². The molecule has 0 unspecified atom stereocenters. The summed E-state index contributed by atoms with van der Waals surface area (Å²) in [4.78, 5) is 13.2. The van der Waals surface area contributed by atoms with Gasteiger partial charge in [0.1, 0.15) is 12.2 Å². The molecule has 1 aromatic heterocycles. The van der Waals surface area contributed by atoms with E-state index in [2.05, 4.69) is 0 Å². The van der Waals surface area contributed by atoms with Gasteiger partial charge >= 0.3 is 0 Å². The molecule has 0 amide bonds. The van der Waals surface area contributed by atoms with Crippen LogP contribution >= 0.6 is 34.8 Å². The Morgan fingerprint density at radius 3 is 2.41 bits per heavy atom. The van der Waals surface area contributed by atoms with E-state index in [1.165, 1.54) is 0 Å². The maximum atomic E-state index is 13.2. The number of ether oxygens (including phenoxy) is 1. The summed E-state index contributed by atoms with van der Waals surface area (Å²) in [6.45, 7) is 1.95. The van der Waals surface area contributed by atoms with E-state index in [1.54, 1.807) is 30.3 Å². The standard InChI is InChI=1S/C23H15Cl3O3/c1-13-9-20-17(11-18(13)25)21(27)23(22(29-20)14-5-3-2-4-6-14)28-12-15-7-8-16(24)10-19(15)26/h2-11H,12H2,1H3. The molecular formula is C23H15Cl3O3. The van der Waals surface area contributed by atoms with E-state index < -0.39 is 0 Å². The summed E-state index contributed by atoms with van der Waals surface area (Å²) in [5, 5.41) is 1.84. The minimum atomic E-state index is -0.294. The average molecular weight is 446 g/mol. The van der Waals surface area contributed by atoms with Crippen LogP contribution in [0.2, 0.25) is 15.1 Å². The summed E-state index contributed by atoms with van der Waals surface area (Å²) >= 11 is 18.4. The zero-order valence-electron chi connectivity index (χ0n) is 15.3. The number of rotatable bonds is 4. The smallest absolute Gasteiger partial charge is 0.235 e. The van der Waals surface area contributed by atoms with Gasteiger partial charge in [-0.2, -0.15) is 0 Å². The summed E-state index contributed by atoms with van der Waals surface area (Å²) in [6.07, 6.45) is 0. The molecular weight excluding hydrogens is 431 g/mol. The highest BCUT2D eigenvalue weighted by Crippen LogP contribution is 2.33. The van der Waals surface area contributed by atoms with Gasteiger partial charge in [0.2, 0.25) is 11.2 Å². The fourth-order valence-electron chi connectivity index (χ4n) is 3.00. The second-order valence-corrected chi connectivity index (χ2v) is 7.83. The van der Waals surface area contributed by atoms with E-state index in [9.17, 15) is 4.79 Å². The van der Waals surface area contributed by atoms with Crippen molar-refractivity contribution >= 4 is 45.8 Å². The number of halogens is 3. The molecule has 3 nitrogen and oxygen atoms in total. The van der Waals surface area contributed by atoms with Gasteiger partial charge in [0.15, 0.2) is 5.76 Å². The van der Waals surface area contributed by atoms with Crippen molar-refractivity contribution in [3.63, 3.8) is 0 Å². The first-order chi connectivity index (χ1) is 13.9. The third-order valence-electron chi connectivity index (χ3n) is 4.55. The minimum absolute atomic E-state index is 0.0890. The number of hydrogen-bond donors (Lipinski definition) is 0. The number of fused-ring (bicyclic) bond motifs is 1. The highest BCUT2D eigenvalue weighted by molar-refractivity contribution is 6.35. The van der Waals surface area contributed by atoms with Crippen LogP contribution in [-0.4, -0.2) is 0 Å². The molecule has 0 fully saturated rings. The van der Waals surface area contributed by atoms with Crippen LogP contribution in [0.25, 0.3) is 22.3 Å². The van der Waals surface area contributed by atoms with Gasteiger partial charge in [-0.15, -0.1) is 0 Å². The van der Waals surface area contributed by atoms with Crippen molar-refractivity contribution in [3.8, 4) is 17.1 Å². The fraction of sp³-hybridized carbons (Fsp3) is 0.0870. The molecule has 0 aliphatic rings. The van der Waals surface area contributed by atoms with Gasteiger partial charge in [-0.1, -0.05) is 71.2 Å². The first kappa shape index (κ1) is 19.8. The number of benzene rings is 3. The second-order valence-electron chi connectivity index (χ2n) is 6.58. The fourth-order valence-corrected chi connectivity index (χ4v) is 3.62. The minimum Gasteiger partial charge on any atom is -0.481 e. The van der Waals surface area contributed by atoms with Crippen molar-refractivity contribution in [1.29, 1.82) is 0 Å². The highest BCUT2D eigenvalue weighted by atomic mass is 35.5. The lowest BCUT2D eigenvalue weighted by Gasteiger charge is -2.13. The van der Waals surface area contributed by atoms with Gasteiger partial charge in [0.05, 0.1) is 5.39 Å². The lowest BCUT2D eigenvalue weighted by molar-refractivity contribution is 0.298. The van der Waals surface area contributed by atoms with E-state index in [1.807, 2.05) is 37.3 Å². The highest BCUT2D eigenvalue weighted by Gasteiger charge is 2.19. The third kappa shape index (κ3) is 3.99. The van der Waals surface area contributed by atoms with Crippen molar-refractivity contribution in [1.82, 2.24) is 0 Å². The SMILES string of the molecule is Cc1cc2oc(-c3ccccc3)c(OCc3ccc(Cl)cc3Cl)c(=O)c2cc1Cl. The molecule has 0 aliphatic carbocycles. The summed E-state index contributed by atoms with van der Waals surface area (Å²) in [6, 6.07) is 17.8. The molecule has 1 heterocycles. The van der Waals surface area contributed by atoms with Crippen LogP contribution in [0.3, 0.4) is 0 Å². The van der Waals surface area contributed by atoms with Gasteiger partial charge in [-0.05, 0) is 36.8 Å². The Morgan fingerprint density at radius 1 is 0.931 bits per heavy atom. The Hall–Kier alpha value is -2.46. The van der Waals surface area contributed by atoms with Crippen LogP contribution in [0.15, 0.2) is 69.9 Å². The van der Waals surface area contributed by atoms with Crippen LogP contribution in [0, 0.1) is 6.92 Å². The van der Waals surface area contributed by atoms with Gasteiger partial charge in [-0.3, -0.25) is 4.79 Å². The normalized spacial score (nSPS) is 11.0. The Morgan fingerprint density at radius 2 is 1.69 bits per heavy atom. The molecule has 3 aromatic carbocycles. The van der Waals surface area contributed by atoms with Crippen molar-refractivity contribution in [2.45, 2.75) is 13.5 Å². The largest absolute Gasteiger partial charge is 0.481 e. The van der Waals surface area contributed by atoms with Crippen molar-refractivity contribution in [3.05, 3.63) is 97.1 Å². The van der Waals surface area contributed by atoms with E-state index in [0.29, 0.717) is 37.4 Å². The number of hydrogen-bond acceptors (Lipinski definition) is 3. The van der Waals surface area contributed by atoms with Gasteiger partial charge in [0, 0.05) is 26.2 Å². The molecule has 146 valence electrons. The molecule has 0 bridgehead atoms. The van der Waals surface area contributed by atoms with Crippen molar-refractivity contribution in [2.75, 3.05) is 0 Å². The molecule has 0 saturated heterocycles. The molecule has 0 spiro atoms.